The summed E-state index contributed by atoms with van der Waals surface area (Å²) in [4.78, 5) is 12.5. The maximum absolute atomic E-state index is 12.5. The second-order valence-corrected chi connectivity index (χ2v) is 4.41. The van der Waals surface area contributed by atoms with Gasteiger partial charge in [-0.1, -0.05) is 0 Å². The summed E-state index contributed by atoms with van der Waals surface area (Å²) in [5, 5.41) is 19.2. The number of benzene rings is 2. The standard InChI is InChI=1S/C16H16O5/c1-20-12-5-3-11(4-6-12)16(19)15-13(18)7-10(9-17)8-14(15)21-2/h3-8,17-18H,9H2,1-2H3. The number of aromatic hydroxyl groups is 1. The van der Waals surface area contributed by atoms with Gasteiger partial charge in [0.1, 0.15) is 22.8 Å². The molecule has 0 aliphatic heterocycles. The summed E-state index contributed by atoms with van der Waals surface area (Å²) in [6.07, 6.45) is 0. The van der Waals surface area contributed by atoms with Gasteiger partial charge >= 0.3 is 0 Å². The van der Waals surface area contributed by atoms with E-state index in [0.29, 0.717) is 16.9 Å². The van der Waals surface area contributed by atoms with E-state index in [1.807, 2.05) is 0 Å². The zero-order valence-electron chi connectivity index (χ0n) is 11.8. The Kier molecular flexibility index (Phi) is 4.45. The van der Waals surface area contributed by atoms with E-state index in [2.05, 4.69) is 0 Å². The van der Waals surface area contributed by atoms with E-state index in [1.165, 1.54) is 19.2 Å². The van der Waals surface area contributed by atoms with E-state index in [-0.39, 0.29) is 29.5 Å². The van der Waals surface area contributed by atoms with Gasteiger partial charge in [-0.25, -0.2) is 0 Å². The first-order valence-corrected chi connectivity index (χ1v) is 6.30. The molecule has 0 atom stereocenters. The van der Waals surface area contributed by atoms with Crippen molar-refractivity contribution in [3.63, 3.8) is 0 Å². The Morgan fingerprint density at radius 1 is 1.10 bits per heavy atom. The van der Waals surface area contributed by atoms with Crippen molar-refractivity contribution >= 4 is 5.78 Å². The molecule has 5 heteroatoms. The third-order valence-electron chi connectivity index (χ3n) is 3.12. The molecule has 0 aliphatic carbocycles. The third-order valence-corrected chi connectivity index (χ3v) is 3.12. The van der Waals surface area contributed by atoms with Crippen LogP contribution in [-0.2, 0) is 6.61 Å². The molecule has 0 amide bonds. The van der Waals surface area contributed by atoms with Crippen molar-refractivity contribution in [1.82, 2.24) is 0 Å². The Hall–Kier alpha value is -2.53. The fourth-order valence-corrected chi connectivity index (χ4v) is 2.02. The van der Waals surface area contributed by atoms with Crippen LogP contribution in [0.2, 0.25) is 0 Å². The zero-order chi connectivity index (χ0) is 15.4. The highest BCUT2D eigenvalue weighted by Crippen LogP contribution is 2.32. The zero-order valence-corrected chi connectivity index (χ0v) is 11.8. The van der Waals surface area contributed by atoms with Crippen LogP contribution in [0, 0.1) is 0 Å². The molecule has 0 radical (unpaired) electrons. The summed E-state index contributed by atoms with van der Waals surface area (Å²) in [5.74, 6) is 0.272. The fraction of sp³-hybridized carbons (Fsp3) is 0.188. The Bertz CT molecular complexity index is 646. The number of hydrogen-bond acceptors (Lipinski definition) is 5. The quantitative estimate of drug-likeness (QED) is 0.824. The van der Waals surface area contributed by atoms with Gasteiger partial charge in [-0.3, -0.25) is 4.79 Å². The minimum absolute atomic E-state index is 0.0693. The van der Waals surface area contributed by atoms with E-state index in [0.717, 1.165) is 0 Å². The molecule has 0 heterocycles. The monoisotopic (exact) mass is 288 g/mol. The lowest BCUT2D eigenvalue weighted by atomic mass is 9.99. The summed E-state index contributed by atoms with van der Waals surface area (Å²) < 4.78 is 10.2. The topological polar surface area (TPSA) is 76.0 Å². The van der Waals surface area contributed by atoms with Crippen LogP contribution in [0.5, 0.6) is 17.2 Å². The molecule has 5 nitrogen and oxygen atoms in total. The summed E-state index contributed by atoms with van der Waals surface area (Å²) in [6.45, 7) is -0.249. The van der Waals surface area contributed by atoms with Gasteiger partial charge in [0.15, 0.2) is 0 Å². The van der Waals surface area contributed by atoms with E-state index >= 15 is 0 Å². The highest BCUT2D eigenvalue weighted by molar-refractivity contribution is 6.12. The molecule has 0 bridgehead atoms. The predicted octanol–water partition coefficient (Wildman–Crippen LogP) is 2.13. The number of hydrogen-bond donors (Lipinski definition) is 2. The molecule has 0 unspecified atom stereocenters. The molecule has 2 aromatic rings. The first kappa shape index (κ1) is 14.9. The van der Waals surface area contributed by atoms with Gasteiger partial charge < -0.3 is 19.7 Å². The highest BCUT2D eigenvalue weighted by Gasteiger charge is 2.20. The van der Waals surface area contributed by atoms with Crippen molar-refractivity contribution in [1.29, 1.82) is 0 Å². The third kappa shape index (κ3) is 2.98. The molecule has 110 valence electrons. The van der Waals surface area contributed by atoms with Crippen LogP contribution in [0.4, 0.5) is 0 Å². The Labute approximate surface area is 122 Å². The van der Waals surface area contributed by atoms with Crippen molar-refractivity contribution in [3.05, 3.63) is 53.1 Å². The van der Waals surface area contributed by atoms with Gasteiger partial charge in [-0.05, 0) is 42.0 Å². The lowest BCUT2D eigenvalue weighted by Gasteiger charge is -2.12. The molecule has 2 rings (SSSR count). The second kappa shape index (κ2) is 6.28. The number of ketones is 1. The molecule has 0 saturated heterocycles. The van der Waals surface area contributed by atoms with E-state index < -0.39 is 0 Å². The lowest BCUT2D eigenvalue weighted by molar-refractivity contribution is 0.103. The normalized spacial score (nSPS) is 10.2. The molecule has 0 aromatic heterocycles. The summed E-state index contributed by atoms with van der Waals surface area (Å²) in [5.41, 5.74) is 0.941. The number of methoxy groups -OCH3 is 2. The SMILES string of the molecule is COc1ccc(C(=O)c2c(O)cc(CO)cc2OC)cc1. The molecular weight excluding hydrogens is 272 g/mol. The van der Waals surface area contributed by atoms with Gasteiger partial charge in [0.25, 0.3) is 0 Å². The molecule has 2 aromatic carbocycles. The number of ether oxygens (including phenoxy) is 2. The molecule has 0 saturated carbocycles. The van der Waals surface area contributed by atoms with Crippen LogP contribution in [0.15, 0.2) is 36.4 Å². The molecule has 2 N–H and O–H groups in total. The van der Waals surface area contributed by atoms with Crippen LogP contribution in [0.3, 0.4) is 0 Å². The van der Waals surface area contributed by atoms with Crippen molar-refractivity contribution < 1.29 is 24.5 Å². The van der Waals surface area contributed by atoms with Crippen molar-refractivity contribution in [2.45, 2.75) is 6.61 Å². The minimum atomic E-state index is -0.364. The Morgan fingerprint density at radius 3 is 2.29 bits per heavy atom. The minimum Gasteiger partial charge on any atom is -0.507 e. The van der Waals surface area contributed by atoms with Crippen LogP contribution in [0.1, 0.15) is 21.5 Å². The second-order valence-electron chi connectivity index (χ2n) is 4.41. The summed E-state index contributed by atoms with van der Waals surface area (Å²) in [6, 6.07) is 9.42. The first-order chi connectivity index (χ1) is 10.1. The first-order valence-electron chi connectivity index (χ1n) is 6.30. The summed E-state index contributed by atoms with van der Waals surface area (Å²) >= 11 is 0. The average Bonchev–Trinajstić information content (AvgIpc) is 2.53. The number of aliphatic hydroxyl groups excluding tert-OH is 1. The molecule has 21 heavy (non-hydrogen) atoms. The summed E-state index contributed by atoms with van der Waals surface area (Å²) in [7, 11) is 2.94. The molecular formula is C16H16O5. The van der Waals surface area contributed by atoms with Crippen LogP contribution >= 0.6 is 0 Å². The fourth-order valence-electron chi connectivity index (χ4n) is 2.02. The number of phenols is 1. The largest absolute Gasteiger partial charge is 0.507 e. The van der Waals surface area contributed by atoms with E-state index in [9.17, 15) is 9.90 Å². The lowest BCUT2D eigenvalue weighted by Crippen LogP contribution is -2.05. The number of aliphatic hydroxyl groups is 1. The van der Waals surface area contributed by atoms with E-state index in [1.54, 1.807) is 31.4 Å². The highest BCUT2D eigenvalue weighted by atomic mass is 16.5. The van der Waals surface area contributed by atoms with Crippen LogP contribution < -0.4 is 9.47 Å². The van der Waals surface area contributed by atoms with E-state index in [4.69, 9.17) is 14.6 Å². The van der Waals surface area contributed by atoms with Gasteiger partial charge in [0.2, 0.25) is 5.78 Å². The van der Waals surface area contributed by atoms with Crippen LogP contribution in [-0.4, -0.2) is 30.2 Å². The number of carbonyl (C=O) groups is 1. The molecule has 0 fully saturated rings. The van der Waals surface area contributed by atoms with Crippen molar-refractivity contribution in [2.75, 3.05) is 14.2 Å². The molecule has 0 spiro atoms. The number of rotatable bonds is 5. The molecule has 0 aliphatic rings. The number of carbonyl (C=O) groups excluding carboxylic acids is 1. The van der Waals surface area contributed by atoms with Crippen molar-refractivity contribution in [3.8, 4) is 17.2 Å². The Morgan fingerprint density at radius 2 is 1.76 bits per heavy atom. The Balaban J connectivity index is 2.46. The van der Waals surface area contributed by atoms with Crippen LogP contribution in [0.25, 0.3) is 0 Å². The van der Waals surface area contributed by atoms with Gasteiger partial charge in [0.05, 0.1) is 20.8 Å². The predicted molar refractivity (Wildman–Crippen MR) is 77.0 cm³/mol. The maximum atomic E-state index is 12.5. The maximum Gasteiger partial charge on any atom is 0.200 e. The van der Waals surface area contributed by atoms with Crippen molar-refractivity contribution in [2.24, 2.45) is 0 Å². The van der Waals surface area contributed by atoms with Gasteiger partial charge in [0, 0.05) is 5.56 Å². The number of phenolic OH excluding ortho intramolecular Hbond substituents is 1. The average molecular weight is 288 g/mol. The van der Waals surface area contributed by atoms with Gasteiger partial charge in [-0.2, -0.15) is 0 Å². The smallest absolute Gasteiger partial charge is 0.200 e. The van der Waals surface area contributed by atoms with Gasteiger partial charge in [-0.15, -0.1) is 0 Å².